The number of amides is 1. The van der Waals surface area contributed by atoms with E-state index < -0.39 is 6.04 Å². The van der Waals surface area contributed by atoms with Crippen LogP contribution < -0.4 is 15.6 Å². The maximum atomic E-state index is 13.2. The molecule has 1 N–H and O–H groups in total. The third kappa shape index (κ3) is 3.32. The van der Waals surface area contributed by atoms with E-state index in [4.69, 9.17) is 4.74 Å². The fourth-order valence-corrected chi connectivity index (χ4v) is 3.85. The summed E-state index contributed by atoms with van der Waals surface area (Å²) in [6.07, 6.45) is 2.24. The van der Waals surface area contributed by atoms with Gasteiger partial charge in [0.15, 0.2) is 0 Å². The molecular weight excluding hydrogens is 380 g/mol. The topological polar surface area (TPSA) is 78.2 Å². The Labute approximate surface area is 173 Å². The molecule has 2 heterocycles. The van der Waals surface area contributed by atoms with E-state index >= 15 is 0 Å². The number of ether oxygens (including phenoxy) is 1. The van der Waals surface area contributed by atoms with Crippen LogP contribution in [-0.4, -0.2) is 27.4 Å². The van der Waals surface area contributed by atoms with Crippen molar-refractivity contribution in [1.29, 1.82) is 0 Å². The summed E-state index contributed by atoms with van der Waals surface area (Å²) >= 11 is 0. The predicted octanol–water partition coefficient (Wildman–Crippen LogP) is 3.16. The minimum Gasteiger partial charge on any atom is -0.497 e. The number of benzene rings is 2. The van der Waals surface area contributed by atoms with Crippen LogP contribution in [0.5, 0.6) is 5.75 Å². The summed E-state index contributed by atoms with van der Waals surface area (Å²) in [7, 11) is 3.24. The Morgan fingerprint density at radius 2 is 1.87 bits per heavy atom. The van der Waals surface area contributed by atoms with Gasteiger partial charge >= 0.3 is 0 Å². The minimum absolute atomic E-state index is 0.130. The van der Waals surface area contributed by atoms with Crippen LogP contribution in [0.2, 0.25) is 0 Å². The first-order valence-corrected chi connectivity index (χ1v) is 9.90. The fourth-order valence-electron chi connectivity index (χ4n) is 3.85. The number of aromatic nitrogens is 3. The van der Waals surface area contributed by atoms with Crippen LogP contribution in [0.3, 0.4) is 0 Å². The van der Waals surface area contributed by atoms with Gasteiger partial charge in [0.2, 0.25) is 5.91 Å². The smallest absolute Gasteiger partial charge is 0.291 e. The number of hydrogen-bond donors (Lipinski definition) is 1. The molecule has 1 atom stereocenters. The highest BCUT2D eigenvalue weighted by Crippen LogP contribution is 2.30. The zero-order valence-corrected chi connectivity index (χ0v) is 17.3. The molecule has 2 aromatic carbocycles. The van der Waals surface area contributed by atoms with Crippen LogP contribution in [0.4, 0.5) is 0 Å². The summed E-state index contributed by atoms with van der Waals surface area (Å²) in [5.74, 6) is 0.640. The zero-order chi connectivity index (χ0) is 21.3. The quantitative estimate of drug-likeness (QED) is 0.535. The highest BCUT2D eigenvalue weighted by atomic mass is 16.5. The summed E-state index contributed by atoms with van der Waals surface area (Å²) in [5.41, 5.74) is 2.11. The van der Waals surface area contributed by atoms with Crippen molar-refractivity contribution in [2.24, 2.45) is 7.05 Å². The Bertz CT molecular complexity index is 1270. The lowest BCUT2D eigenvalue weighted by Crippen LogP contribution is -2.33. The number of hydrogen-bond acceptors (Lipinski definition) is 4. The van der Waals surface area contributed by atoms with Gasteiger partial charge in [0.05, 0.1) is 18.8 Å². The molecule has 4 rings (SSSR count). The Kier molecular flexibility index (Phi) is 5.27. The molecular formula is C23H24N4O3. The molecule has 0 fully saturated rings. The van der Waals surface area contributed by atoms with Gasteiger partial charge in [-0.1, -0.05) is 37.3 Å². The molecule has 0 saturated heterocycles. The SMILES string of the molecule is CCC(C(=O)NCc1ccc(OC)cc1)n1c2ccccc2c2cnn(C)c(=O)c21. The van der Waals surface area contributed by atoms with Gasteiger partial charge in [0.25, 0.3) is 5.56 Å². The van der Waals surface area contributed by atoms with Gasteiger partial charge in [0.1, 0.15) is 17.3 Å². The van der Waals surface area contributed by atoms with Crippen LogP contribution >= 0.6 is 0 Å². The Balaban J connectivity index is 1.73. The van der Waals surface area contributed by atoms with Crippen LogP contribution in [0.25, 0.3) is 21.8 Å². The van der Waals surface area contributed by atoms with E-state index in [1.807, 2.05) is 60.0 Å². The van der Waals surface area contributed by atoms with Crippen molar-refractivity contribution in [3.63, 3.8) is 0 Å². The number of para-hydroxylation sites is 1. The molecule has 1 unspecified atom stereocenters. The van der Waals surface area contributed by atoms with Crippen molar-refractivity contribution in [3.05, 3.63) is 70.6 Å². The van der Waals surface area contributed by atoms with Gasteiger partial charge in [-0.05, 0) is 30.2 Å². The van der Waals surface area contributed by atoms with Crippen molar-refractivity contribution in [3.8, 4) is 5.75 Å². The first-order valence-electron chi connectivity index (χ1n) is 9.90. The molecule has 0 aliphatic rings. The van der Waals surface area contributed by atoms with Crippen molar-refractivity contribution in [1.82, 2.24) is 19.7 Å². The second-order valence-corrected chi connectivity index (χ2v) is 7.21. The Morgan fingerprint density at radius 3 is 2.57 bits per heavy atom. The minimum atomic E-state index is -0.513. The third-order valence-electron chi connectivity index (χ3n) is 5.43. The summed E-state index contributed by atoms with van der Waals surface area (Å²) in [6.45, 7) is 2.35. The monoisotopic (exact) mass is 404 g/mol. The van der Waals surface area contributed by atoms with Crippen LogP contribution in [0, 0.1) is 0 Å². The van der Waals surface area contributed by atoms with Gasteiger partial charge in [-0.25, -0.2) is 4.68 Å². The number of carbonyl (C=O) groups excluding carboxylic acids is 1. The molecule has 0 aliphatic heterocycles. The largest absolute Gasteiger partial charge is 0.497 e. The number of methoxy groups -OCH3 is 1. The first-order chi connectivity index (χ1) is 14.5. The van der Waals surface area contributed by atoms with Crippen LogP contribution in [-0.2, 0) is 18.4 Å². The molecule has 0 bridgehead atoms. The molecule has 7 nitrogen and oxygen atoms in total. The number of aryl methyl sites for hydroxylation is 1. The summed E-state index contributed by atoms with van der Waals surface area (Å²) < 4.78 is 8.34. The Hall–Kier alpha value is -3.61. The molecule has 0 saturated carbocycles. The first kappa shape index (κ1) is 19.7. The standard InChI is InChI=1S/C23H24N4O3/c1-4-19(22(28)24-13-15-9-11-16(30-3)12-10-15)27-20-8-6-5-7-17(20)18-14-25-26(2)23(29)21(18)27/h5-12,14,19H,4,13H2,1-3H3,(H,24,28). The van der Waals surface area contributed by atoms with Crippen molar-refractivity contribution in [2.75, 3.05) is 7.11 Å². The van der Waals surface area contributed by atoms with E-state index in [-0.39, 0.29) is 11.5 Å². The fraction of sp³-hybridized carbons (Fsp3) is 0.261. The van der Waals surface area contributed by atoms with E-state index in [0.717, 1.165) is 27.6 Å². The lowest BCUT2D eigenvalue weighted by Gasteiger charge is -2.19. The molecule has 2 aromatic heterocycles. The van der Waals surface area contributed by atoms with Crippen molar-refractivity contribution < 1.29 is 9.53 Å². The van der Waals surface area contributed by atoms with Crippen molar-refractivity contribution >= 4 is 27.7 Å². The number of nitrogens with one attached hydrogen (secondary N) is 1. The number of fused-ring (bicyclic) bond motifs is 3. The normalized spacial score (nSPS) is 12.2. The van der Waals surface area contributed by atoms with E-state index in [9.17, 15) is 9.59 Å². The summed E-state index contributed by atoms with van der Waals surface area (Å²) in [5, 5.41) is 8.86. The average Bonchev–Trinajstić information content (AvgIpc) is 3.11. The lowest BCUT2D eigenvalue weighted by atomic mass is 10.1. The highest BCUT2D eigenvalue weighted by Gasteiger charge is 2.25. The van der Waals surface area contributed by atoms with E-state index in [1.54, 1.807) is 20.4 Å². The second kappa shape index (κ2) is 8.02. The van der Waals surface area contributed by atoms with Crippen LogP contribution in [0.1, 0.15) is 24.9 Å². The molecule has 4 aromatic rings. The van der Waals surface area contributed by atoms with Gasteiger partial charge < -0.3 is 14.6 Å². The van der Waals surface area contributed by atoms with Gasteiger partial charge in [-0.2, -0.15) is 5.10 Å². The molecule has 0 radical (unpaired) electrons. The molecule has 30 heavy (non-hydrogen) atoms. The van der Waals surface area contributed by atoms with Gasteiger partial charge in [-0.3, -0.25) is 9.59 Å². The van der Waals surface area contributed by atoms with E-state index in [0.29, 0.717) is 18.5 Å². The number of carbonyl (C=O) groups is 1. The van der Waals surface area contributed by atoms with E-state index in [1.165, 1.54) is 4.68 Å². The lowest BCUT2D eigenvalue weighted by molar-refractivity contribution is -0.124. The van der Waals surface area contributed by atoms with Gasteiger partial charge in [-0.15, -0.1) is 0 Å². The average molecular weight is 404 g/mol. The molecule has 1 amide bonds. The van der Waals surface area contributed by atoms with Crippen LogP contribution in [0.15, 0.2) is 59.5 Å². The molecule has 154 valence electrons. The number of rotatable bonds is 6. The summed E-state index contributed by atoms with van der Waals surface area (Å²) in [4.78, 5) is 26.1. The third-order valence-corrected chi connectivity index (χ3v) is 5.43. The highest BCUT2D eigenvalue weighted by molar-refractivity contribution is 6.08. The number of nitrogens with zero attached hydrogens (tertiary/aromatic N) is 3. The summed E-state index contributed by atoms with van der Waals surface area (Å²) in [6, 6.07) is 14.8. The molecule has 0 aliphatic carbocycles. The zero-order valence-electron chi connectivity index (χ0n) is 17.3. The Morgan fingerprint density at radius 1 is 1.13 bits per heavy atom. The second-order valence-electron chi connectivity index (χ2n) is 7.21. The van der Waals surface area contributed by atoms with Gasteiger partial charge in [0, 0.05) is 24.4 Å². The molecule has 7 heteroatoms. The van der Waals surface area contributed by atoms with E-state index in [2.05, 4.69) is 10.4 Å². The molecule has 0 spiro atoms. The maximum absolute atomic E-state index is 13.2. The predicted molar refractivity (Wildman–Crippen MR) is 117 cm³/mol. The maximum Gasteiger partial charge on any atom is 0.291 e. The van der Waals surface area contributed by atoms with Crippen molar-refractivity contribution in [2.45, 2.75) is 25.9 Å².